The molecule has 1 aliphatic rings. The van der Waals surface area contributed by atoms with Crippen LogP contribution in [0.5, 0.6) is 5.75 Å². The molecule has 1 unspecified atom stereocenters. The maximum atomic E-state index is 14.4. The number of carbonyl (C=O) groups is 1. The summed E-state index contributed by atoms with van der Waals surface area (Å²) in [4.78, 5) is 17.0. The number of carbonyl (C=O) groups excluding carboxylic acids is 1. The summed E-state index contributed by atoms with van der Waals surface area (Å²) < 4.78 is 105. The molecule has 198 valence electrons. The largest absolute Gasteiger partial charge is 0.431 e. The van der Waals surface area contributed by atoms with E-state index in [2.05, 4.69) is 20.4 Å². The van der Waals surface area contributed by atoms with Gasteiger partial charge in [-0.25, -0.2) is 4.39 Å². The van der Waals surface area contributed by atoms with Crippen molar-refractivity contribution >= 4 is 11.6 Å². The lowest BCUT2D eigenvalue weighted by Crippen LogP contribution is -2.47. The van der Waals surface area contributed by atoms with Gasteiger partial charge in [0.1, 0.15) is 12.3 Å². The highest BCUT2D eigenvalue weighted by Gasteiger charge is 2.66. The van der Waals surface area contributed by atoms with Crippen molar-refractivity contribution in [3.63, 3.8) is 0 Å². The monoisotopic (exact) mass is 525 g/mol. The number of halogens is 7. The van der Waals surface area contributed by atoms with Gasteiger partial charge in [0.05, 0.1) is 5.69 Å². The molecular weight excluding hydrogens is 503 g/mol. The number of nitrogens with one attached hydrogen (secondary N) is 2. The van der Waals surface area contributed by atoms with Gasteiger partial charge in [-0.3, -0.25) is 15.1 Å². The SMILES string of the molecule is CNC(O)c1cc(NC(=O)[C@@H]2O[C@](C)(C(F)(F)F)[C@@H](C)[C@@H]2c2ccc(F)c(F)c2OC(F)F)ccn1. The number of aliphatic hydroxyl groups is 1. The van der Waals surface area contributed by atoms with Gasteiger partial charge in [0.15, 0.2) is 17.2 Å². The number of rotatable bonds is 7. The van der Waals surface area contributed by atoms with E-state index in [0.717, 1.165) is 13.0 Å². The molecule has 36 heavy (non-hydrogen) atoms. The number of anilines is 1. The van der Waals surface area contributed by atoms with Crippen molar-refractivity contribution < 1.29 is 50.1 Å². The third-order valence-corrected chi connectivity index (χ3v) is 6.18. The number of pyridine rings is 1. The summed E-state index contributed by atoms with van der Waals surface area (Å²) >= 11 is 0. The van der Waals surface area contributed by atoms with Gasteiger partial charge in [0.25, 0.3) is 5.91 Å². The molecule has 3 N–H and O–H groups in total. The quantitative estimate of drug-likeness (QED) is 0.370. The molecule has 1 aromatic heterocycles. The van der Waals surface area contributed by atoms with E-state index >= 15 is 0 Å². The van der Waals surface area contributed by atoms with Gasteiger partial charge >= 0.3 is 12.8 Å². The maximum Gasteiger partial charge on any atom is 0.417 e. The molecule has 2 aromatic rings. The smallest absolute Gasteiger partial charge is 0.417 e. The first-order valence-corrected chi connectivity index (χ1v) is 10.5. The molecule has 0 radical (unpaired) electrons. The number of hydrogen-bond donors (Lipinski definition) is 3. The average Bonchev–Trinajstić information content (AvgIpc) is 3.08. The Hall–Kier alpha value is -2.97. The summed E-state index contributed by atoms with van der Waals surface area (Å²) in [6, 6.07) is 3.82. The summed E-state index contributed by atoms with van der Waals surface area (Å²) in [5, 5.41) is 14.7. The molecular formula is C22H22F7N3O4. The molecule has 1 saturated heterocycles. The van der Waals surface area contributed by atoms with Crippen molar-refractivity contribution in [2.45, 2.75) is 50.5 Å². The number of aromatic nitrogens is 1. The van der Waals surface area contributed by atoms with Gasteiger partial charge in [-0.2, -0.15) is 26.3 Å². The molecule has 14 heteroatoms. The van der Waals surface area contributed by atoms with Crippen LogP contribution in [-0.2, 0) is 9.53 Å². The lowest BCUT2D eigenvalue weighted by atomic mass is 9.77. The molecule has 0 spiro atoms. The number of ether oxygens (including phenoxy) is 2. The zero-order valence-corrected chi connectivity index (χ0v) is 19.0. The molecule has 1 amide bonds. The van der Waals surface area contributed by atoms with Crippen LogP contribution in [-0.4, -0.2) is 47.5 Å². The predicted octanol–water partition coefficient (Wildman–Crippen LogP) is 4.25. The highest BCUT2D eigenvalue weighted by atomic mass is 19.4. The third-order valence-electron chi connectivity index (χ3n) is 6.18. The zero-order chi connectivity index (χ0) is 27.0. The third kappa shape index (κ3) is 5.11. The van der Waals surface area contributed by atoms with Crippen LogP contribution in [0.4, 0.5) is 36.4 Å². The van der Waals surface area contributed by atoms with Crippen LogP contribution in [0, 0.1) is 17.6 Å². The second-order valence-corrected chi connectivity index (χ2v) is 8.27. The molecule has 0 bridgehead atoms. The van der Waals surface area contributed by atoms with E-state index in [9.17, 15) is 40.6 Å². The van der Waals surface area contributed by atoms with Crippen molar-refractivity contribution in [1.82, 2.24) is 10.3 Å². The molecule has 1 aliphatic heterocycles. The van der Waals surface area contributed by atoms with Crippen LogP contribution in [0.25, 0.3) is 0 Å². The van der Waals surface area contributed by atoms with E-state index in [1.54, 1.807) is 0 Å². The second kappa shape index (κ2) is 10.2. The molecule has 1 fully saturated rings. The Balaban J connectivity index is 2.08. The van der Waals surface area contributed by atoms with E-state index in [0.29, 0.717) is 13.0 Å². The van der Waals surface area contributed by atoms with Gasteiger partial charge < -0.3 is 19.9 Å². The Morgan fingerprint density at radius 3 is 2.50 bits per heavy atom. The van der Waals surface area contributed by atoms with Crippen LogP contribution in [0.15, 0.2) is 30.5 Å². The van der Waals surface area contributed by atoms with Gasteiger partial charge in [0, 0.05) is 29.3 Å². The van der Waals surface area contributed by atoms with Gasteiger partial charge in [-0.15, -0.1) is 0 Å². The highest BCUT2D eigenvalue weighted by molar-refractivity contribution is 5.95. The number of hydrogen-bond acceptors (Lipinski definition) is 6. The molecule has 2 heterocycles. The number of alkyl halides is 5. The number of amides is 1. The van der Waals surface area contributed by atoms with E-state index < -0.39 is 71.4 Å². The van der Waals surface area contributed by atoms with Crippen LogP contribution >= 0.6 is 0 Å². The normalized spacial score (nSPS) is 25.2. The molecule has 0 saturated carbocycles. The van der Waals surface area contributed by atoms with Gasteiger partial charge in [0.2, 0.25) is 5.82 Å². The van der Waals surface area contributed by atoms with Crippen LogP contribution in [0.1, 0.15) is 37.3 Å². The van der Waals surface area contributed by atoms with E-state index in [1.807, 2.05) is 0 Å². The molecule has 3 rings (SSSR count). The minimum atomic E-state index is -5.03. The number of nitrogens with zero attached hydrogens (tertiary/aromatic N) is 1. The van der Waals surface area contributed by atoms with Crippen molar-refractivity contribution in [2.24, 2.45) is 5.92 Å². The second-order valence-electron chi connectivity index (χ2n) is 8.27. The fraction of sp³-hybridized carbons (Fsp3) is 0.455. The summed E-state index contributed by atoms with van der Waals surface area (Å²) in [6.07, 6.45) is -7.02. The Kier molecular flexibility index (Phi) is 7.81. The van der Waals surface area contributed by atoms with Gasteiger partial charge in [-0.05, 0) is 32.2 Å². The summed E-state index contributed by atoms with van der Waals surface area (Å²) in [5.41, 5.74) is -3.47. The Morgan fingerprint density at radius 2 is 1.92 bits per heavy atom. The first-order valence-electron chi connectivity index (χ1n) is 10.5. The summed E-state index contributed by atoms with van der Waals surface area (Å²) in [7, 11) is 1.43. The lowest BCUT2D eigenvalue weighted by Gasteiger charge is -2.32. The highest BCUT2D eigenvalue weighted by Crippen LogP contribution is 2.55. The Labute approximate surface area is 200 Å². The molecule has 5 atom stereocenters. The van der Waals surface area contributed by atoms with E-state index in [4.69, 9.17) is 4.74 Å². The number of benzene rings is 1. The molecule has 7 nitrogen and oxygen atoms in total. The van der Waals surface area contributed by atoms with Crippen molar-refractivity contribution in [3.8, 4) is 5.75 Å². The minimum Gasteiger partial charge on any atom is -0.431 e. The van der Waals surface area contributed by atoms with Crippen LogP contribution < -0.4 is 15.4 Å². The predicted molar refractivity (Wildman–Crippen MR) is 111 cm³/mol. The standard InChI is InChI=1S/C22H22F7N3O4/c1-9-14(11-4-5-12(23)15(24)16(11)35-20(25)26)17(36-21(9,2)22(27,28)29)19(34)32-10-6-7-31-13(8-10)18(33)30-3/h4-9,14,17-18,20,30,33H,1-3H3,(H,31,32,34)/t9-,14+,17+,18?,21-/m0/s1. The first-order chi connectivity index (χ1) is 16.7. The van der Waals surface area contributed by atoms with Crippen molar-refractivity contribution in [1.29, 1.82) is 0 Å². The Bertz CT molecular complexity index is 1120. The van der Waals surface area contributed by atoms with Crippen molar-refractivity contribution in [2.75, 3.05) is 12.4 Å². The lowest BCUT2D eigenvalue weighted by molar-refractivity contribution is -0.272. The Morgan fingerprint density at radius 1 is 1.25 bits per heavy atom. The fourth-order valence-corrected chi connectivity index (χ4v) is 4.08. The minimum absolute atomic E-state index is 0.0178. The summed E-state index contributed by atoms with van der Waals surface area (Å²) in [6.45, 7) is -1.92. The van der Waals surface area contributed by atoms with Crippen LogP contribution in [0.2, 0.25) is 0 Å². The maximum absolute atomic E-state index is 14.4. The molecule has 1 aromatic carbocycles. The van der Waals surface area contributed by atoms with Crippen molar-refractivity contribution in [3.05, 3.63) is 53.4 Å². The van der Waals surface area contributed by atoms with E-state index in [-0.39, 0.29) is 11.4 Å². The summed E-state index contributed by atoms with van der Waals surface area (Å²) in [5.74, 6) is -9.18. The van der Waals surface area contributed by atoms with Gasteiger partial charge in [-0.1, -0.05) is 13.0 Å². The van der Waals surface area contributed by atoms with E-state index in [1.165, 1.54) is 25.4 Å². The van der Waals surface area contributed by atoms with Crippen LogP contribution in [0.3, 0.4) is 0 Å². The topological polar surface area (TPSA) is 92.7 Å². The average molecular weight is 525 g/mol. The number of aliphatic hydroxyl groups excluding tert-OH is 1. The zero-order valence-electron chi connectivity index (χ0n) is 19.0. The molecule has 0 aliphatic carbocycles. The fourth-order valence-electron chi connectivity index (χ4n) is 4.08. The first kappa shape index (κ1) is 27.6.